The maximum absolute atomic E-state index is 13.7. The normalized spacial score (nSPS) is 20.9. The van der Waals surface area contributed by atoms with Crippen LogP contribution in [0.3, 0.4) is 0 Å². The molecule has 1 aromatic carbocycles. The lowest BCUT2D eigenvalue weighted by Gasteiger charge is -2.40. The molecule has 2 aliphatic heterocycles. The Hall–Kier alpha value is -2.22. The molecule has 2 fully saturated rings. The fourth-order valence-corrected chi connectivity index (χ4v) is 6.65. The third-order valence-corrected chi connectivity index (χ3v) is 9.28. The summed E-state index contributed by atoms with van der Waals surface area (Å²) < 4.78 is 60.6. The van der Waals surface area contributed by atoms with Gasteiger partial charge >= 0.3 is 12.1 Å². The minimum absolute atomic E-state index is 0.0343. The molecule has 2 saturated heterocycles. The van der Waals surface area contributed by atoms with E-state index in [9.17, 15) is 26.4 Å². The molecule has 1 amide bonds. The van der Waals surface area contributed by atoms with E-state index in [0.29, 0.717) is 43.2 Å². The van der Waals surface area contributed by atoms with Crippen molar-refractivity contribution in [2.24, 2.45) is 0 Å². The van der Waals surface area contributed by atoms with Crippen molar-refractivity contribution in [1.29, 1.82) is 0 Å². The van der Waals surface area contributed by atoms with Gasteiger partial charge in [0, 0.05) is 64.3 Å². The lowest BCUT2D eigenvalue weighted by molar-refractivity contribution is -0.192. The number of carboxylic acid groups (broad SMARTS) is 1. The van der Waals surface area contributed by atoms with Crippen molar-refractivity contribution in [3.05, 3.63) is 29.3 Å². The van der Waals surface area contributed by atoms with E-state index in [2.05, 4.69) is 24.1 Å². The number of benzene rings is 1. The summed E-state index contributed by atoms with van der Waals surface area (Å²) in [4.78, 5) is 26.3. The fraction of sp³-hybridized carbons (Fsp3) is 0.692. The number of sulfonamides is 1. The second-order valence-electron chi connectivity index (χ2n) is 10.2. The number of aliphatic carboxylic acids is 1. The molecule has 0 aliphatic carbocycles. The number of nitrogens with one attached hydrogen (secondary N) is 1. The first-order valence-corrected chi connectivity index (χ1v) is 14.7. The molecule has 222 valence electrons. The first-order chi connectivity index (χ1) is 18.1. The number of hydrogen-bond donors (Lipinski definition) is 2. The van der Waals surface area contributed by atoms with Gasteiger partial charge in [-0.25, -0.2) is 13.2 Å². The number of carbonyl (C=O) groups is 2. The molecule has 13 heteroatoms. The highest BCUT2D eigenvalue weighted by atomic mass is 32.2. The topological polar surface area (TPSA) is 110 Å². The van der Waals surface area contributed by atoms with Crippen LogP contribution in [0.4, 0.5) is 13.2 Å². The van der Waals surface area contributed by atoms with Crippen LogP contribution in [0.1, 0.15) is 50.7 Å². The number of nitrogens with zero attached hydrogens (tertiary/aromatic N) is 3. The zero-order valence-corrected chi connectivity index (χ0v) is 23.9. The average Bonchev–Trinajstić information content (AvgIpc) is 2.85. The lowest BCUT2D eigenvalue weighted by atomic mass is 9.98. The number of carbonyl (C=O) groups excluding carboxylic acids is 1. The Morgan fingerprint density at radius 1 is 1.08 bits per heavy atom. The van der Waals surface area contributed by atoms with Gasteiger partial charge in [0.2, 0.25) is 15.9 Å². The van der Waals surface area contributed by atoms with E-state index in [0.717, 1.165) is 37.1 Å². The number of hydrogen-bond acceptors (Lipinski definition) is 6. The van der Waals surface area contributed by atoms with Crippen molar-refractivity contribution >= 4 is 21.9 Å². The van der Waals surface area contributed by atoms with Gasteiger partial charge in [-0.15, -0.1) is 0 Å². The maximum Gasteiger partial charge on any atom is 0.490 e. The number of halogens is 3. The van der Waals surface area contributed by atoms with Gasteiger partial charge in [0.05, 0.1) is 4.90 Å². The fourth-order valence-electron chi connectivity index (χ4n) is 5.02. The number of rotatable bonds is 8. The number of aryl methyl sites for hydroxylation is 2. The molecular weight excluding hydrogens is 537 g/mol. The van der Waals surface area contributed by atoms with E-state index in [-0.39, 0.29) is 18.9 Å². The van der Waals surface area contributed by atoms with Gasteiger partial charge < -0.3 is 15.3 Å². The molecule has 39 heavy (non-hydrogen) atoms. The lowest BCUT2D eigenvalue weighted by Crippen LogP contribution is -2.49. The highest BCUT2D eigenvalue weighted by Crippen LogP contribution is 2.25. The zero-order chi connectivity index (χ0) is 29.4. The number of likely N-dealkylation sites (tertiary alicyclic amines) is 1. The Morgan fingerprint density at radius 3 is 2.15 bits per heavy atom. The summed E-state index contributed by atoms with van der Waals surface area (Å²) in [6.07, 6.45) is -1.34. The van der Waals surface area contributed by atoms with Crippen LogP contribution < -0.4 is 5.32 Å². The summed E-state index contributed by atoms with van der Waals surface area (Å²) in [5.74, 6) is -2.72. The van der Waals surface area contributed by atoms with Crippen LogP contribution in [0.25, 0.3) is 0 Å². The van der Waals surface area contributed by atoms with Gasteiger partial charge in [-0.1, -0.05) is 24.1 Å². The van der Waals surface area contributed by atoms with Crippen molar-refractivity contribution in [3.63, 3.8) is 0 Å². The van der Waals surface area contributed by atoms with Crippen molar-refractivity contribution in [3.8, 4) is 0 Å². The van der Waals surface area contributed by atoms with E-state index in [1.54, 1.807) is 10.4 Å². The van der Waals surface area contributed by atoms with Gasteiger partial charge in [0.25, 0.3) is 0 Å². The Kier molecular flexibility index (Phi) is 12.2. The van der Waals surface area contributed by atoms with Crippen molar-refractivity contribution in [1.82, 2.24) is 19.4 Å². The largest absolute Gasteiger partial charge is 0.490 e. The van der Waals surface area contributed by atoms with Gasteiger partial charge in [-0.05, 0) is 52.2 Å². The molecule has 9 nitrogen and oxygen atoms in total. The van der Waals surface area contributed by atoms with Gasteiger partial charge in [0.15, 0.2) is 0 Å². The minimum Gasteiger partial charge on any atom is -0.475 e. The molecule has 2 aliphatic rings. The summed E-state index contributed by atoms with van der Waals surface area (Å²) in [5.41, 5.74) is 1.79. The van der Waals surface area contributed by atoms with Crippen LogP contribution in [-0.4, -0.2) is 104 Å². The number of alkyl halides is 3. The van der Waals surface area contributed by atoms with Crippen LogP contribution in [0.2, 0.25) is 0 Å². The van der Waals surface area contributed by atoms with Crippen molar-refractivity contribution < 1.29 is 36.3 Å². The van der Waals surface area contributed by atoms with E-state index in [4.69, 9.17) is 9.90 Å². The van der Waals surface area contributed by atoms with E-state index in [1.807, 2.05) is 30.9 Å². The molecule has 2 heterocycles. The summed E-state index contributed by atoms with van der Waals surface area (Å²) in [6.45, 7) is 12.5. The Morgan fingerprint density at radius 2 is 1.64 bits per heavy atom. The molecule has 2 N–H and O–H groups in total. The summed E-state index contributed by atoms with van der Waals surface area (Å²) in [5, 5.41) is 10.4. The first kappa shape index (κ1) is 33.0. The van der Waals surface area contributed by atoms with Gasteiger partial charge in [-0.3, -0.25) is 9.69 Å². The number of piperazine rings is 1. The minimum atomic E-state index is -5.08. The quantitative estimate of drug-likeness (QED) is 0.488. The summed E-state index contributed by atoms with van der Waals surface area (Å²) in [7, 11) is -3.69. The SMILES string of the molecule is Cc1ccc(S(=O)(=O)N(CCC(=O)N2CCNCC2)CCN2C(C)CCCC2C)c(C)c1.O=C(O)C(F)(F)F. The number of amides is 1. The van der Waals surface area contributed by atoms with Crippen molar-refractivity contribution in [2.45, 2.75) is 76.5 Å². The summed E-state index contributed by atoms with van der Waals surface area (Å²) >= 11 is 0. The van der Waals surface area contributed by atoms with Crippen LogP contribution in [0, 0.1) is 13.8 Å². The highest BCUT2D eigenvalue weighted by Gasteiger charge is 2.38. The molecule has 1 aromatic rings. The van der Waals surface area contributed by atoms with E-state index in [1.165, 1.54) is 6.42 Å². The Balaban J connectivity index is 0.000000673. The standard InChI is InChI=1S/C24H40N4O3S.C2HF3O2/c1-19-8-9-23(20(2)18-19)32(30,31)27(13-10-24(29)26-14-11-25-12-15-26)16-17-28-21(3)6-5-7-22(28)4;3-2(4,5)1(6)7/h8-9,18,21-22,25H,5-7,10-17H2,1-4H3;(H,6,7). The first-order valence-electron chi connectivity index (χ1n) is 13.3. The molecule has 3 rings (SSSR count). The third-order valence-electron chi connectivity index (χ3n) is 7.22. The van der Waals surface area contributed by atoms with Crippen LogP contribution in [-0.2, 0) is 19.6 Å². The van der Waals surface area contributed by atoms with Gasteiger partial charge in [0.1, 0.15) is 0 Å². The second kappa shape index (κ2) is 14.4. The second-order valence-corrected chi connectivity index (χ2v) is 12.1. The Bertz CT molecular complexity index is 1070. The molecule has 2 atom stereocenters. The summed E-state index contributed by atoms with van der Waals surface area (Å²) in [6, 6.07) is 6.36. The molecule has 0 bridgehead atoms. The molecular formula is C26H41F3N4O5S. The van der Waals surface area contributed by atoms with E-state index < -0.39 is 22.2 Å². The van der Waals surface area contributed by atoms with Gasteiger partial charge in [-0.2, -0.15) is 17.5 Å². The average molecular weight is 579 g/mol. The highest BCUT2D eigenvalue weighted by molar-refractivity contribution is 7.89. The van der Waals surface area contributed by atoms with Crippen LogP contribution in [0.5, 0.6) is 0 Å². The zero-order valence-electron chi connectivity index (χ0n) is 23.1. The molecule has 0 aromatic heterocycles. The smallest absolute Gasteiger partial charge is 0.475 e. The molecule has 0 spiro atoms. The monoisotopic (exact) mass is 578 g/mol. The molecule has 0 radical (unpaired) electrons. The number of piperidine rings is 1. The van der Waals surface area contributed by atoms with Crippen LogP contribution in [0.15, 0.2) is 23.1 Å². The number of carboxylic acids is 1. The molecule has 0 saturated carbocycles. The van der Waals surface area contributed by atoms with E-state index >= 15 is 0 Å². The predicted octanol–water partition coefficient (Wildman–Crippen LogP) is 3.01. The molecule has 2 unspecified atom stereocenters. The third kappa shape index (κ3) is 9.73. The predicted molar refractivity (Wildman–Crippen MR) is 142 cm³/mol. The maximum atomic E-state index is 13.7. The van der Waals surface area contributed by atoms with Crippen LogP contribution >= 0.6 is 0 Å². The Labute approximate surface area is 229 Å². The van der Waals surface area contributed by atoms with Crippen molar-refractivity contribution in [2.75, 3.05) is 45.8 Å².